The molecule has 0 saturated heterocycles. The zero-order valence-corrected chi connectivity index (χ0v) is 12.7. The third-order valence-electron chi connectivity index (χ3n) is 3.24. The molecule has 20 heavy (non-hydrogen) atoms. The molecule has 0 aromatic carbocycles. The number of carbonyl (C=O) groups is 2. The summed E-state index contributed by atoms with van der Waals surface area (Å²) in [6.45, 7) is 3.92. The van der Waals surface area contributed by atoms with Crippen LogP contribution in [0.15, 0.2) is 0 Å². The van der Waals surface area contributed by atoms with E-state index in [0.29, 0.717) is 12.8 Å². The van der Waals surface area contributed by atoms with Crippen molar-refractivity contribution >= 4 is 41.3 Å². The van der Waals surface area contributed by atoms with E-state index < -0.39 is 0 Å². The number of carbonyl (C=O) groups excluding carboxylic acids is 2. The zero-order valence-electron chi connectivity index (χ0n) is 12.7. The van der Waals surface area contributed by atoms with E-state index in [2.05, 4.69) is 6.92 Å². The number of ketones is 1. The summed E-state index contributed by atoms with van der Waals surface area (Å²) in [4.78, 5) is 22.3. The van der Waals surface area contributed by atoms with Gasteiger partial charge in [-0.2, -0.15) is 0 Å². The van der Waals surface area contributed by atoms with Gasteiger partial charge in [0.2, 0.25) is 0 Å². The molecule has 0 rings (SSSR count). The summed E-state index contributed by atoms with van der Waals surface area (Å²) in [5.74, 6) is -0.245. The predicted octanol–water partition coefficient (Wildman–Crippen LogP) is 3.78. The maximum atomic E-state index is 11.4. The normalized spacial score (nSPS) is 9.90. The number of rotatable bonds is 13. The molecule has 0 spiro atoms. The second kappa shape index (κ2) is 17.2. The standard InChI is InChI=1S/C16H30O3.Na.H/c1-3-5-6-7-8-9-10-11-12-13-15(17)14-19-16(18)4-2;;/h3-14H2,1-2H3;;. The van der Waals surface area contributed by atoms with Crippen LogP contribution in [0.4, 0.5) is 0 Å². The van der Waals surface area contributed by atoms with E-state index in [1.54, 1.807) is 6.92 Å². The van der Waals surface area contributed by atoms with E-state index in [1.807, 2.05) is 0 Å². The molecule has 3 nitrogen and oxygen atoms in total. The Bertz CT molecular complexity index is 242. The van der Waals surface area contributed by atoms with Gasteiger partial charge in [0.15, 0.2) is 5.78 Å². The molecule has 0 fully saturated rings. The Balaban J connectivity index is 0. The van der Waals surface area contributed by atoms with Crippen molar-refractivity contribution < 1.29 is 14.3 Å². The number of ether oxygens (including phenoxy) is 1. The average molecular weight is 294 g/mol. The van der Waals surface area contributed by atoms with Crippen molar-refractivity contribution in [3.05, 3.63) is 0 Å². The Morgan fingerprint density at radius 1 is 0.800 bits per heavy atom. The molecule has 0 heterocycles. The zero-order chi connectivity index (χ0) is 14.3. The van der Waals surface area contributed by atoms with Crippen molar-refractivity contribution in [3.63, 3.8) is 0 Å². The molecule has 0 unspecified atom stereocenters. The van der Waals surface area contributed by atoms with Crippen LogP contribution in [0.1, 0.15) is 84.5 Å². The summed E-state index contributed by atoms with van der Waals surface area (Å²) in [6, 6.07) is 0. The molecular weight excluding hydrogens is 263 g/mol. The molecular formula is C16H31NaO3. The van der Waals surface area contributed by atoms with Crippen LogP contribution in [0.25, 0.3) is 0 Å². The summed E-state index contributed by atoms with van der Waals surface area (Å²) in [5.41, 5.74) is 0. The van der Waals surface area contributed by atoms with Gasteiger partial charge in [0.05, 0.1) is 0 Å². The predicted molar refractivity (Wildman–Crippen MR) is 85.3 cm³/mol. The number of Topliss-reactive ketones (excluding diaryl/α,β-unsaturated/α-hetero) is 1. The average Bonchev–Trinajstić information content (AvgIpc) is 2.42. The maximum absolute atomic E-state index is 11.4. The van der Waals surface area contributed by atoms with Gasteiger partial charge in [-0.25, -0.2) is 0 Å². The molecule has 0 aliphatic rings. The molecule has 0 aromatic heterocycles. The Hall–Kier alpha value is 0.140. The van der Waals surface area contributed by atoms with Crippen LogP contribution >= 0.6 is 0 Å². The van der Waals surface area contributed by atoms with Gasteiger partial charge in [-0.15, -0.1) is 0 Å². The van der Waals surface area contributed by atoms with Crippen LogP contribution in [0.5, 0.6) is 0 Å². The number of hydrogen-bond donors (Lipinski definition) is 0. The summed E-state index contributed by atoms with van der Waals surface area (Å²) < 4.78 is 4.80. The van der Waals surface area contributed by atoms with Gasteiger partial charge in [-0.1, -0.05) is 65.2 Å². The molecule has 0 aromatic rings. The second-order valence-corrected chi connectivity index (χ2v) is 5.13. The first-order valence-corrected chi connectivity index (χ1v) is 7.88. The van der Waals surface area contributed by atoms with E-state index in [9.17, 15) is 9.59 Å². The van der Waals surface area contributed by atoms with Gasteiger partial charge in [0.1, 0.15) is 6.61 Å². The number of hydrogen-bond acceptors (Lipinski definition) is 3. The van der Waals surface area contributed by atoms with Gasteiger partial charge in [0, 0.05) is 12.8 Å². The van der Waals surface area contributed by atoms with Crippen LogP contribution in [0.2, 0.25) is 0 Å². The van der Waals surface area contributed by atoms with Crippen LogP contribution in [0, 0.1) is 0 Å². The van der Waals surface area contributed by atoms with Crippen molar-refractivity contribution in [1.29, 1.82) is 0 Å². The Morgan fingerprint density at radius 3 is 1.80 bits per heavy atom. The fraction of sp³-hybridized carbons (Fsp3) is 0.875. The Morgan fingerprint density at radius 2 is 1.30 bits per heavy atom. The fourth-order valence-corrected chi connectivity index (χ4v) is 1.97. The Labute approximate surface area is 146 Å². The van der Waals surface area contributed by atoms with Crippen LogP contribution in [-0.2, 0) is 14.3 Å². The minimum atomic E-state index is -0.291. The first-order valence-electron chi connectivity index (χ1n) is 7.88. The van der Waals surface area contributed by atoms with Crippen molar-refractivity contribution in [3.8, 4) is 0 Å². The van der Waals surface area contributed by atoms with Gasteiger partial charge < -0.3 is 4.74 Å². The molecule has 0 aliphatic heterocycles. The van der Waals surface area contributed by atoms with Crippen LogP contribution < -0.4 is 0 Å². The molecule has 0 saturated carbocycles. The molecule has 0 atom stereocenters. The summed E-state index contributed by atoms with van der Waals surface area (Å²) in [5, 5.41) is 0. The van der Waals surface area contributed by atoms with Crippen LogP contribution in [0.3, 0.4) is 0 Å². The van der Waals surface area contributed by atoms with Crippen molar-refractivity contribution in [1.82, 2.24) is 0 Å². The first-order chi connectivity index (χ1) is 9.20. The third-order valence-corrected chi connectivity index (χ3v) is 3.24. The van der Waals surface area contributed by atoms with Gasteiger partial charge in [-0.3, -0.25) is 9.59 Å². The van der Waals surface area contributed by atoms with E-state index in [-0.39, 0.29) is 47.9 Å². The van der Waals surface area contributed by atoms with E-state index in [4.69, 9.17) is 4.74 Å². The van der Waals surface area contributed by atoms with Crippen molar-refractivity contribution in [2.45, 2.75) is 84.5 Å². The molecule has 0 radical (unpaired) electrons. The van der Waals surface area contributed by atoms with E-state index in [1.165, 1.54) is 44.9 Å². The molecule has 114 valence electrons. The van der Waals surface area contributed by atoms with E-state index >= 15 is 0 Å². The monoisotopic (exact) mass is 294 g/mol. The van der Waals surface area contributed by atoms with Gasteiger partial charge in [-0.05, 0) is 6.42 Å². The van der Waals surface area contributed by atoms with Crippen molar-refractivity contribution in [2.24, 2.45) is 0 Å². The minimum absolute atomic E-state index is 0. The van der Waals surface area contributed by atoms with Gasteiger partial charge >= 0.3 is 35.5 Å². The summed E-state index contributed by atoms with van der Waals surface area (Å²) in [7, 11) is 0. The first kappa shape index (κ1) is 22.4. The van der Waals surface area contributed by atoms with Gasteiger partial charge in [0.25, 0.3) is 0 Å². The molecule has 4 heteroatoms. The van der Waals surface area contributed by atoms with Crippen LogP contribution in [-0.4, -0.2) is 47.9 Å². The SMILES string of the molecule is CCCCCCCCCCCC(=O)COC(=O)CC.[NaH]. The fourth-order valence-electron chi connectivity index (χ4n) is 1.97. The number of esters is 1. The van der Waals surface area contributed by atoms with Crippen molar-refractivity contribution in [2.75, 3.05) is 6.61 Å². The van der Waals surface area contributed by atoms with E-state index in [0.717, 1.165) is 12.8 Å². The second-order valence-electron chi connectivity index (χ2n) is 5.13. The third kappa shape index (κ3) is 16.2. The molecule has 0 bridgehead atoms. The quantitative estimate of drug-likeness (QED) is 0.295. The summed E-state index contributed by atoms with van der Waals surface area (Å²) >= 11 is 0. The summed E-state index contributed by atoms with van der Waals surface area (Å²) in [6.07, 6.45) is 12.1. The molecule has 0 aliphatic carbocycles. The Kier molecular flexibility index (Phi) is 19.3. The number of unbranched alkanes of at least 4 members (excludes halogenated alkanes) is 8. The topological polar surface area (TPSA) is 43.4 Å². The molecule has 0 N–H and O–H groups in total. The molecule has 0 amide bonds.